The highest BCUT2D eigenvalue weighted by Gasteiger charge is 2.21. The van der Waals surface area contributed by atoms with Crippen LogP contribution in [0, 0.1) is 0 Å². The third kappa shape index (κ3) is 5.62. The van der Waals surface area contributed by atoms with Crippen molar-refractivity contribution in [1.82, 2.24) is 5.32 Å². The Balaban J connectivity index is 2.67. The third-order valence-corrected chi connectivity index (χ3v) is 2.90. The molecular weight excluding hydrogens is 276 g/mol. The number of carbonyl (C=O) groups excluding carboxylic acids is 1. The van der Waals surface area contributed by atoms with E-state index < -0.39 is 23.9 Å². The first-order valence-corrected chi connectivity index (χ1v) is 6.48. The summed E-state index contributed by atoms with van der Waals surface area (Å²) >= 11 is 0. The monoisotopic (exact) mass is 294 g/mol. The van der Waals surface area contributed by atoms with E-state index in [2.05, 4.69) is 5.32 Å². The summed E-state index contributed by atoms with van der Waals surface area (Å²) in [5, 5.41) is 19.8. The summed E-state index contributed by atoms with van der Waals surface area (Å²) < 4.78 is 0. The average molecular weight is 294 g/mol. The quantitative estimate of drug-likeness (QED) is 0.543. The molecule has 7 nitrogen and oxygen atoms in total. The summed E-state index contributed by atoms with van der Waals surface area (Å²) in [6.07, 6.45) is 0.201. The topological polar surface area (TPSA) is 130 Å². The Bertz CT molecular complexity index is 513. The number of benzene rings is 1. The third-order valence-electron chi connectivity index (χ3n) is 2.90. The molecule has 0 spiro atoms. The SMILES string of the molecule is NCCc1ccc(C(=O)NC(CCC(=O)O)C(=O)O)cc1. The maximum absolute atomic E-state index is 11.9. The molecule has 0 heterocycles. The molecule has 1 aromatic rings. The van der Waals surface area contributed by atoms with Gasteiger partial charge in [-0.3, -0.25) is 9.59 Å². The van der Waals surface area contributed by atoms with Crippen LogP contribution in [0.25, 0.3) is 0 Å². The Morgan fingerprint density at radius 3 is 2.24 bits per heavy atom. The molecule has 0 bridgehead atoms. The van der Waals surface area contributed by atoms with E-state index in [0.717, 1.165) is 5.56 Å². The fraction of sp³-hybridized carbons (Fsp3) is 0.357. The summed E-state index contributed by atoms with van der Waals surface area (Å²) in [4.78, 5) is 33.4. The number of nitrogens with one attached hydrogen (secondary N) is 1. The summed E-state index contributed by atoms with van der Waals surface area (Å²) in [6, 6.07) is 5.42. The summed E-state index contributed by atoms with van der Waals surface area (Å²) in [5.41, 5.74) is 6.72. The molecule has 0 aliphatic rings. The van der Waals surface area contributed by atoms with Gasteiger partial charge in [0.1, 0.15) is 6.04 Å². The summed E-state index contributed by atoms with van der Waals surface area (Å²) in [7, 11) is 0. The molecule has 0 aliphatic carbocycles. The number of amides is 1. The van der Waals surface area contributed by atoms with Crippen molar-refractivity contribution in [1.29, 1.82) is 0 Å². The Morgan fingerprint density at radius 2 is 1.76 bits per heavy atom. The highest BCUT2D eigenvalue weighted by Crippen LogP contribution is 2.06. The van der Waals surface area contributed by atoms with Gasteiger partial charge in [-0.05, 0) is 37.1 Å². The van der Waals surface area contributed by atoms with E-state index in [-0.39, 0.29) is 12.8 Å². The van der Waals surface area contributed by atoms with Gasteiger partial charge in [-0.2, -0.15) is 0 Å². The Labute approximate surface area is 121 Å². The van der Waals surface area contributed by atoms with Crippen molar-refractivity contribution in [2.45, 2.75) is 25.3 Å². The second-order valence-electron chi connectivity index (χ2n) is 4.53. The molecule has 0 saturated heterocycles. The summed E-state index contributed by atoms with van der Waals surface area (Å²) in [5.74, 6) is -2.92. The zero-order valence-corrected chi connectivity index (χ0v) is 11.4. The maximum Gasteiger partial charge on any atom is 0.326 e. The number of carboxylic acids is 2. The molecule has 5 N–H and O–H groups in total. The van der Waals surface area contributed by atoms with Crippen LogP contribution in [0.3, 0.4) is 0 Å². The predicted octanol–water partition coefficient (Wildman–Crippen LogP) is 0.236. The van der Waals surface area contributed by atoms with E-state index in [1.165, 1.54) is 0 Å². The van der Waals surface area contributed by atoms with Crippen LogP contribution in [0.4, 0.5) is 0 Å². The highest BCUT2D eigenvalue weighted by molar-refractivity contribution is 5.96. The minimum absolute atomic E-state index is 0.165. The number of hydrogen-bond donors (Lipinski definition) is 4. The van der Waals surface area contributed by atoms with Crippen LogP contribution in [0.2, 0.25) is 0 Å². The van der Waals surface area contributed by atoms with Crippen LogP contribution in [-0.4, -0.2) is 40.6 Å². The van der Waals surface area contributed by atoms with Gasteiger partial charge in [0.2, 0.25) is 0 Å². The van der Waals surface area contributed by atoms with E-state index in [1.807, 2.05) is 0 Å². The lowest BCUT2D eigenvalue weighted by Crippen LogP contribution is -2.41. The Kier molecular flexibility index (Phi) is 6.35. The van der Waals surface area contributed by atoms with Crippen molar-refractivity contribution >= 4 is 17.8 Å². The minimum Gasteiger partial charge on any atom is -0.481 e. The van der Waals surface area contributed by atoms with Gasteiger partial charge in [0.25, 0.3) is 5.91 Å². The Morgan fingerprint density at radius 1 is 1.14 bits per heavy atom. The first-order chi connectivity index (χ1) is 9.93. The smallest absolute Gasteiger partial charge is 0.326 e. The average Bonchev–Trinajstić information content (AvgIpc) is 2.43. The maximum atomic E-state index is 11.9. The highest BCUT2D eigenvalue weighted by atomic mass is 16.4. The number of rotatable bonds is 8. The molecule has 1 rings (SSSR count). The predicted molar refractivity (Wildman–Crippen MR) is 75.0 cm³/mol. The molecule has 1 unspecified atom stereocenters. The second kappa shape index (κ2) is 8.01. The van der Waals surface area contributed by atoms with Crippen LogP contribution in [0.15, 0.2) is 24.3 Å². The van der Waals surface area contributed by atoms with Crippen LogP contribution < -0.4 is 11.1 Å². The summed E-state index contributed by atoms with van der Waals surface area (Å²) in [6.45, 7) is 0.502. The van der Waals surface area contributed by atoms with Gasteiger partial charge in [-0.15, -0.1) is 0 Å². The van der Waals surface area contributed by atoms with Crippen molar-refractivity contribution in [3.8, 4) is 0 Å². The number of hydrogen-bond acceptors (Lipinski definition) is 4. The standard InChI is InChI=1S/C14H18N2O5/c15-8-7-9-1-3-10(4-2-9)13(19)16-11(14(20)21)5-6-12(17)18/h1-4,11H,5-8,15H2,(H,16,19)(H,17,18)(H,20,21). The van der Waals surface area contributed by atoms with E-state index in [1.54, 1.807) is 24.3 Å². The molecule has 0 fully saturated rings. The first-order valence-electron chi connectivity index (χ1n) is 6.48. The lowest BCUT2D eigenvalue weighted by Gasteiger charge is -2.13. The minimum atomic E-state index is -1.26. The molecule has 0 radical (unpaired) electrons. The van der Waals surface area contributed by atoms with Crippen LogP contribution >= 0.6 is 0 Å². The molecule has 21 heavy (non-hydrogen) atoms. The van der Waals surface area contributed by atoms with Crippen molar-refractivity contribution in [2.24, 2.45) is 5.73 Å². The lowest BCUT2D eigenvalue weighted by atomic mass is 10.1. The van der Waals surface area contributed by atoms with Gasteiger partial charge >= 0.3 is 11.9 Å². The number of nitrogens with two attached hydrogens (primary N) is 1. The van der Waals surface area contributed by atoms with Gasteiger partial charge < -0.3 is 21.3 Å². The van der Waals surface area contributed by atoms with Crippen molar-refractivity contribution in [3.05, 3.63) is 35.4 Å². The largest absolute Gasteiger partial charge is 0.481 e. The number of aliphatic carboxylic acids is 2. The van der Waals surface area contributed by atoms with Gasteiger partial charge in [0, 0.05) is 12.0 Å². The van der Waals surface area contributed by atoms with Gasteiger partial charge in [0.15, 0.2) is 0 Å². The second-order valence-corrected chi connectivity index (χ2v) is 4.53. The first kappa shape index (κ1) is 16.6. The fourth-order valence-electron chi connectivity index (χ4n) is 1.76. The Hall–Kier alpha value is -2.41. The fourth-order valence-corrected chi connectivity index (χ4v) is 1.76. The zero-order valence-electron chi connectivity index (χ0n) is 11.4. The molecular formula is C14H18N2O5. The van der Waals surface area contributed by atoms with Crippen molar-refractivity contribution in [3.63, 3.8) is 0 Å². The normalized spacial score (nSPS) is 11.7. The van der Waals surface area contributed by atoms with Gasteiger partial charge in [0.05, 0.1) is 0 Å². The molecule has 0 aliphatic heterocycles. The number of carbonyl (C=O) groups is 3. The zero-order chi connectivity index (χ0) is 15.8. The van der Waals surface area contributed by atoms with Crippen LogP contribution in [0.5, 0.6) is 0 Å². The van der Waals surface area contributed by atoms with Crippen molar-refractivity contribution < 1.29 is 24.6 Å². The molecule has 0 aromatic heterocycles. The van der Waals surface area contributed by atoms with Crippen molar-refractivity contribution in [2.75, 3.05) is 6.54 Å². The molecule has 0 saturated carbocycles. The van der Waals surface area contributed by atoms with Crippen LogP contribution in [0.1, 0.15) is 28.8 Å². The van der Waals surface area contributed by atoms with Gasteiger partial charge in [-0.1, -0.05) is 12.1 Å². The molecule has 1 amide bonds. The van der Waals surface area contributed by atoms with Crippen LogP contribution in [-0.2, 0) is 16.0 Å². The number of carboxylic acid groups (broad SMARTS) is 2. The lowest BCUT2D eigenvalue weighted by molar-refractivity contribution is -0.140. The molecule has 1 aromatic carbocycles. The van der Waals surface area contributed by atoms with E-state index in [4.69, 9.17) is 15.9 Å². The van der Waals surface area contributed by atoms with E-state index in [9.17, 15) is 14.4 Å². The molecule has 114 valence electrons. The van der Waals surface area contributed by atoms with E-state index in [0.29, 0.717) is 18.5 Å². The molecule has 7 heteroatoms. The molecule has 1 atom stereocenters. The van der Waals surface area contributed by atoms with E-state index >= 15 is 0 Å². The van der Waals surface area contributed by atoms with Gasteiger partial charge in [-0.25, -0.2) is 4.79 Å².